The molecule has 0 bridgehead atoms. The van der Waals surface area contributed by atoms with Gasteiger partial charge in [0.25, 0.3) is 0 Å². The van der Waals surface area contributed by atoms with E-state index in [1.807, 2.05) is 0 Å². The third-order valence-corrected chi connectivity index (χ3v) is 4.68. The van der Waals surface area contributed by atoms with E-state index in [2.05, 4.69) is 27.7 Å². The highest BCUT2D eigenvalue weighted by atomic mass is 16.5. The number of rotatable bonds is 5. The van der Waals surface area contributed by atoms with Crippen LogP contribution < -0.4 is 0 Å². The zero-order valence-corrected chi connectivity index (χ0v) is 11.0. The zero-order valence-electron chi connectivity index (χ0n) is 11.0. The predicted octanol–water partition coefficient (Wildman–Crippen LogP) is 4.41. The van der Waals surface area contributed by atoms with Gasteiger partial charge in [0.15, 0.2) is 0 Å². The van der Waals surface area contributed by atoms with Gasteiger partial charge in [-0.25, -0.2) is 0 Å². The van der Waals surface area contributed by atoms with Crippen LogP contribution >= 0.6 is 0 Å². The van der Waals surface area contributed by atoms with Crippen LogP contribution in [0.15, 0.2) is 0 Å². The molecule has 1 aliphatic carbocycles. The first-order valence-corrected chi connectivity index (χ1v) is 6.77. The fourth-order valence-electron chi connectivity index (χ4n) is 2.99. The second-order valence-electron chi connectivity index (χ2n) is 5.29. The lowest BCUT2D eigenvalue weighted by atomic mass is 9.66. The van der Waals surface area contributed by atoms with Crippen LogP contribution in [0.2, 0.25) is 0 Å². The van der Waals surface area contributed by atoms with Crippen molar-refractivity contribution in [2.24, 2.45) is 11.3 Å². The molecule has 0 unspecified atom stereocenters. The van der Waals surface area contributed by atoms with Crippen LogP contribution in [0.4, 0.5) is 0 Å². The predicted molar refractivity (Wildman–Crippen MR) is 66.1 cm³/mol. The molecule has 0 amide bonds. The van der Waals surface area contributed by atoms with Crippen molar-refractivity contribution in [3.63, 3.8) is 0 Å². The number of hydrogen-bond acceptors (Lipinski definition) is 1. The average Bonchev–Trinajstić information content (AvgIpc) is 2.29. The normalized spacial score (nSPS) is 28.0. The monoisotopic (exact) mass is 212 g/mol. The summed E-state index contributed by atoms with van der Waals surface area (Å²) in [4.78, 5) is 0. The molecule has 0 aromatic rings. The fourth-order valence-corrected chi connectivity index (χ4v) is 2.99. The summed E-state index contributed by atoms with van der Waals surface area (Å²) in [7, 11) is 0. The lowest BCUT2D eigenvalue weighted by molar-refractivity contribution is 0.00229. The van der Waals surface area contributed by atoms with E-state index in [-0.39, 0.29) is 0 Å². The Morgan fingerprint density at radius 2 is 1.53 bits per heavy atom. The van der Waals surface area contributed by atoms with Crippen molar-refractivity contribution in [2.75, 3.05) is 6.61 Å². The first kappa shape index (κ1) is 13.0. The van der Waals surface area contributed by atoms with Crippen LogP contribution in [0, 0.1) is 11.3 Å². The lowest BCUT2D eigenvalue weighted by Gasteiger charge is -2.40. The summed E-state index contributed by atoms with van der Waals surface area (Å²) in [5.41, 5.74) is 0.581. The van der Waals surface area contributed by atoms with Crippen LogP contribution in [0.3, 0.4) is 0 Å². The largest absolute Gasteiger partial charge is 0.379 e. The van der Waals surface area contributed by atoms with Crippen molar-refractivity contribution in [3.05, 3.63) is 0 Å². The minimum atomic E-state index is 0.559. The highest BCUT2D eigenvalue weighted by Crippen LogP contribution is 2.43. The molecule has 0 heterocycles. The van der Waals surface area contributed by atoms with Crippen LogP contribution in [0.1, 0.15) is 66.2 Å². The van der Waals surface area contributed by atoms with Gasteiger partial charge in [0.05, 0.1) is 6.10 Å². The zero-order chi connectivity index (χ0) is 11.3. The van der Waals surface area contributed by atoms with E-state index in [9.17, 15) is 0 Å². The molecule has 0 aliphatic heterocycles. The molecule has 1 rings (SSSR count). The van der Waals surface area contributed by atoms with E-state index in [1.165, 1.54) is 38.5 Å². The molecule has 0 atom stereocenters. The third-order valence-electron chi connectivity index (χ3n) is 4.68. The summed E-state index contributed by atoms with van der Waals surface area (Å²) in [5.74, 6) is 0.934. The Labute approximate surface area is 95.6 Å². The quantitative estimate of drug-likeness (QED) is 0.656. The Balaban J connectivity index is 2.42. The van der Waals surface area contributed by atoms with E-state index in [0.717, 1.165) is 12.5 Å². The van der Waals surface area contributed by atoms with E-state index in [4.69, 9.17) is 4.74 Å². The van der Waals surface area contributed by atoms with Crippen molar-refractivity contribution in [3.8, 4) is 0 Å². The molecule has 0 N–H and O–H groups in total. The van der Waals surface area contributed by atoms with Crippen LogP contribution in [0.5, 0.6) is 0 Å². The molecular formula is C14H28O. The highest BCUT2D eigenvalue weighted by Gasteiger charge is 2.33. The van der Waals surface area contributed by atoms with Gasteiger partial charge in [-0.1, -0.05) is 33.6 Å². The third kappa shape index (κ3) is 3.21. The van der Waals surface area contributed by atoms with E-state index < -0.39 is 0 Å². The van der Waals surface area contributed by atoms with Gasteiger partial charge >= 0.3 is 0 Å². The molecule has 1 heteroatoms. The van der Waals surface area contributed by atoms with Gasteiger partial charge < -0.3 is 4.74 Å². The van der Waals surface area contributed by atoms with Gasteiger partial charge in [0.1, 0.15) is 0 Å². The summed E-state index contributed by atoms with van der Waals surface area (Å²) in [6.45, 7) is 10.2. The van der Waals surface area contributed by atoms with Gasteiger partial charge in [-0.2, -0.15) is 0 Å². The first-order valence-electron chi connectivity index (χ1n) is 6.77. The maximum absolute atomic E-state index is 5.71. The van der Waals surface area contributed by atoms with Crippen molar-refractivity contribution < 1.29 is 4.74 Å². The second kappa shape index (κ2) is 5.89. The van der Waals surface area contributed by atoms with E-state index >= 15 is 0 Å². The Morgan fingerprint density at radius 1 is 1.00 bits per heavy atom. The van der Waals surface area contributed by atoms with E-state index in [1.54, 1.807) is 0 Å². The number of ether oxygens (including phenoxy) is 1. The van der Waals surface area contributed by atoms with Crippen molar-refractivity contribution in [1.29, 1.82) is 0 Å². The maximum Gasteiger partial charge on any atom is 0.0575 e. The molecule has 0 aromatic heterocycles. The number of hydrogen-bond donors (Lipinski definition) is 0. The fraction of sp³-hybridized carbons (Fsp3) is 1.00. The molecule has 15 heavy (non-hydrogen) atoms. The summed E-state index contributed by atoms with van der Waals surface area (Å²) in [6, 6.07) is 0. The topological polar surface area (TPSA) is 9.23 Å². The van der Waals surface area contributed by atoms with Crippen molar-refractivity contribution >= 4 is 0 Å². The van der Waals surface area contributed by atoms with Crippen LogP contribution in [-0.2, 0) is 4.74 Å². The van der Waals surface area contributed by atoms with Crippen molar-refractivity contribution in [1.82, 2.24) is 0 Å². The lowest BCUT2D eigenvalue weighted by Crippen LogP contribution is -2.32. The molecule has 1 nitrogen and oxygen atoms in total. The van der Waals surface area contributed by atoms with Crippen molar-refractivity contribution in [2.45, 2.75) is 72.3 Å². The Bertz CT molecular complexity index is 164. The average molecular weight is 212 g/mol. The molecule has 0 radical (unpaired) electrons. The Kier molecular flexibility index (Phi) is 5.11. The minimum absolute atomic E-state index is 0.559. The molecular weight excluding hydrogens is 184 g/mol. The van der Waals surface area contributed by atoms with E-state index in [0.29, 0.717) is 11.5 Å². The van der Waals surface area contributed by atoms with Gasteiger partial charge in [-0.05, 0) is 43.9 Å². The maximum atomic E-state index is 5.71. The standard InChI is InChI=1S/C14H28O/c1-5-14(4,6-2)12-8-10-13(11-9-12)15-7-3/h12-13H,5-11H2,1-4H3. The van der Waals surface area contributed by atoms with Crippen LogP contribution in [0.25, 0.3) is 0 Å². The molecule has 90 valence electrons. The molecule has 0 aromatic carbocycles. The molecule has 1 fully saturated rings. The highest BCUT2D eigenvalue weighted by molar-refractivity contribution is 4.84. The summed E-state index contributed by atoms with van der Waals surface area (Å²) >= 11 is 0. The summed E-state index contributed by atoms with van der Waals surface area (Å²) in [5, 5.41) is 0. The molecule has 0 spiro atoms. The minimum Gasteiger partial charge on any atom is -0.379 e. The van der Waals surface area contributed by atoms with Crippen LogP contribution in [-0.4, -0.2) is 12.7 Å². The SMILES string of the molecule is CCOC1CCC(C(C)(CC)CC)CC1. The smallest absolute Gasteiger partial charge is 0.0575 e. The first-order chi connectivity index (χ1) is 7.16. The van der Waals surface area contributed by atoms with Gasteiger partial charge in [0.2, 0.25) is 0 Å². The van der Waals surface area contributed by atoms with Gasteiger partial charge in [0, 0.05) is 6.61 Å². The van der Waals surface area contributed by atoms with Gasteiger partial charge in [-0.3, -0.25) is 0 Å². The second-order valence-corrected chi connectivity index (χ2v) is 5.29. The Morgan fingerprint density at radius 3 is 1.93 bits per heavy atom. The summed E-state index contributed by atoms with van der Waals surface area (Å²) < 4.78 is 5.71. The summed E-state index contributed by atoms with van der Waals surface area (Å²) in [6.07, 6.45) is 8.54. The van der Waals surface area contributed by atoms with Gasteiger partial charge in [-0.15, -0.1) is 0 Å². The molecule has 0 saturated heterocycles. The molecule has 1 saturated carbocycles. The molecule has 1 aliphatic rings. The Hall–Kier alpha value is -0.0400.